The van der Waals surface area contributed by atoms with Crippen LogP contribution in [0.1, 0.15) is 5.56 Å². The molecule has 19 heavy (non-hydrogen) atoms. The molecule has 0 saturated carbocycles. The van der Waals surface area contributed by atoms with Crippen LogP contribution in [0.4, 0.5) is 0 Å². The van der Waals surface area contributed by atoms with Crippen LogP contribution in [0.5, 0.6) is 0 Å². The number of nitrogens with zero attached hydrogens (tertiary/aromatic N) is 1. The first kappa shape index (κ1) is 14.1. The van der Waals surface area contributed by atoms with Gasteiger partial charge in [0.1, 0.15) is 6.04 Å². The fourth-order valence-corrected chi connectivity index (χ4v) is 2.37. The molecule has 1 amide bonds. The molecule has 1 atom stereocenters. The van der Waals surface area contributed by atoms with Crippen LogP contribution in [0.2, 0.25) is 10.0 Å². The van der Waals surface area contributed by atoms with E-state index in [1.807, 2.05) is 0 Å². The Hall–Kier alpha value is -1.30. The Morgan fingerprint density at radius 2 is 2.21 bits per heavy atom. The van der Waals surface area contributed by atoms with Gasteiger partial charge in [-0.05, 0) is 11.6 Å². The summed E-state index contributed by atoms with van der Waals surface area (Å²) in [4.78, 5) is 24.1. The summed E-state index contributed by atoms with van der Waals surface area (Å²) in [6.07, 6.45) is 0. The van der Waals surface area contributed by atoms with Crippen LogP contribution in [0, 0.1) is 0 Å². The molecule has 0 aromatic heterocycles. The number of carboxylic acids is 1. The quantitative estimate of drug-likeness (QED) is 0.885. The van der Waals surface area contributed by atoms with Gasteiger partial charge in [0.15, 0.2) is 0 Å². The van der Waals surface area contributed by atoms with E-state index < -0.39 is 12.0 Å². The highest BCUT2D eigenvalue weighted by Crippen LogP contribution is 2.27. The molecule has 2 N–H and O–H groups in total. The standard InChI is InChI=1S/C12H12Cl2N2O3/c13-8-3-1-2-7(11(8)14)5-16-6-10(17)15-4-9(16)12(18)19/h1-3,9H,4-6H2,(H,15,17)(H,18,19). The van der Waals surface area contributed by atoms with Gasteiger partial charge in [0.05, 0.1) is 16.6 Å². The predicted molar refractivity (Wildman–Crippen MR) is 71.3 cm³/mol. The van der Waals surface area contributed by atoms with Crippen LogP contribution in [-0.4, -0.2) is 41.0 Å². The average Bonchev–Trinajstić information content (AvgIpc) is 2.35. The van der Waals surface area contributed by atoms with Gasteiger partial charge in [-0.3, -0.25) is 14.5 Å². The van der Waals surface area contributed by atoms with E-state index in [1.165, 1.54) is 0 Å². The highest BCUT2D eigenvalue weighted by atomic mass is 35.5. The Bertz CT molecular complexity index is 522. The SMILES string of the molecule is O=C1CN(Cc2cccc(Cl)c2Cl)C(C(=O)O)CN1. The van der Waals surface area contributed by atoms with E-state index in [9.17, 15) is 9.59 Å². The predicted octanol–water partition coefficient (Wildman–Crippen LogP) is 1.38. The van der Waals surface area contributed by atoms with Crippen molar-refractivity contribution in [1.82, 2.24) is 10.2 Å². The largest absolute Gasteiger partial charge is 0.480 e. The summed E-state index contributed by atoms with van der Waals surface area (Å²) in [5.74, 6) is -1.17. The number of aliphatic carboxylic acids is 1. The van der Waals surface area contributed by atoms with Gasteiger partial charge in [0.25, 0.3) is 0 Å². The second-order valence-electron chi connectivity index (χ2n) is 4.28. The molecule has 0 spiro atoms. The molecule has 102 valence electrons. The van der Waals surface area contributed by atoms with Crippen LogP contribution >= 0.6 is 23.2 Å². The zero-order chi connectivity index (χ0) is 14.0. The number of benzene rings is 1. The van der Waals surface area contributed by atoms with Gasteiger partial charge in [-0.25, -0.2) is 0 Å². The number of carboxylic acid groups (broad SMARTS) is 1. The van der Waals surface area contributed by atoms with Crippen LogP contribution < -0.4 is 5.32 Å². The van der Waals surface area contributed by atoms with Crippen LogP contribution in [-0.2, 0) is 16.1 Å². The summed E-state index contributed by atoms with van der Waals surface area (Å²) in [5, 5.41) is 12.5. The van der Waals surface area contributed by atoms with Crippen molar-refractivity contribution in [3.63, 3.8) is 0 Å². The van der Waals surface area contributed by atoms with Crippen LogP contribution in [0.15, 0.2) is 18.2 Å². The second kappa shape index (κ2) is 5.77. The minimum atomic E-state index is -0.974. The van der Waals surface area contributed by atoms with Crippen molar-refractivity contribution in [2.45, 2.75) is 12.6 Å². The number of carbonyl (C=O) groups is 2. The van der Waals surface area contributed by atoms with Crippen molar-refractivity contribution in [2.75, 3.05) is 13.1 Å². The maximum absolute atomic E-state index is 11.4. The molecule has 1 fully saturated rings. The van der Waals surface area contributed by atoms with E-state index >= 15 is 0 Å². The molecule has 1 aliphatic heterocycles. The van der Waals surface area contributed by atoms with Gasteiger partial charge in [0.2, 0.25) is 5.91 Å². The molecule has 0 radical (unpaired) electrons. The third-order valence-electron chi connectivity index (χ3n) is 2.97. The number of rotatable bonds is 3. The summed E-state index contributed by atoms with van der Waals surface area (Å²) in [7, 11) is 0. The molecule has 1 aromatic rings. The van der Waals surface area contributed by atoms with E-state index in [1.54, 1.807) is 23.1 Å². The smallest absolute Gasteiger partial charge is 0.322 e. The minimum Gasteiger partial charge on any atom is -0.480 e. The molecule has 2 rings (SSSR count). The Labute approximate surface area is 120 Å². The Morgan fingerprint density at radius 3 is 2.89 bits per heavy atom. The highest BCUT2D eigenvalue weighted by Gasteiger charge is 2.32. The van der Waals surface area contributed by atoms with E-state index in [0.29, 0.717) is 15.6 Å². The number of nitrogens with one attached hydrogen (secondary N) is 1. The first-order chi connectivity index (χ1) is 8.99. The number of hydrogen-bond acceptors (Lipinski definition) is 3. The van der Waals surface area contributed by atoms with Crippen LogP contribution in [0.3, 0.4) is 0 Å². The fraction of sp³-hybridized carbons (Fsp3) is 0.333. The number of halogens is 2. The molecule has 1 aromatic carbocycles. The molecule has 1 aliphatic rings. The van der Waals surface area contributed by atoms with Gasteiger partial charge < -0.3 is 10.4 Å². The summed E-state index contributed by atoms with van der Waals surface area (Å²) < 4.78 is 0. The molecule has 1 unspecified atom stereocenters. The first-order valence-electron chi connectivity index (χ1n) is 5.65. The Morgan fingerprint density at radius 1 is 1.47 bits per heavy atom. The van der Waals surface area contributed by atoms with Crippen molar-refractivity contribution in [1.29, 1.82) is 0 Å². The minimum absolute atomic E-state index is 0.0276. The van der Waals surface area contributed by atoms with Crippen molar-refractivity contribution in [3.8, 4) is 0 Å². The lowest BCUT2D eigenvalue weighted by molar-refractivity contribution is -0.146. The molecular formula is C12H12Cl2N2O3. The lowest BCUT2D eigenvalue weighted by atomic mass is 10.1. The van der Waals surface area contributed by atoms with Gasteiger partial charge in [-0.15, -0.1) is 0 Å². The van der Waals surface area contributed by atoms with Crippen molar-refractivity contribution < 1.29 is 14.7 Å². The first-order valence-corrected chi connectivity index (χ1v) is 6.41. The third-order valence-corrected chi connectivity index (χ3v) is 3.83. The summed E-state index contributed by atoms with van der Waals surface area (Å²) in [5.41, 5.74) is 0.704. The topological polar surface area (TPSA) is 69.6 Å². The van der Waals surface area contributed by atoms with E-state index in [4.69, 9.17) is 28.3 Å². The van der Waals surface area contributed by atoms with Gasteiger partial charge in [-0.1, -0.05) is 35.3 Å². The highest BCUT2D eigenvalue weighted by molar-refractivity contribution is 6.42. The Kier molecular flexibility index (Phi) is 4.29. The summed E-state index contributed by atoms with van der Waals surface area (Å²) in [6, 6.07) is 4.40. The van der Waals surface area contributed by atoms with E-state index in [0.717, 1.165) is 0 Å². The third kappa shape index (κ3) is 3.18. The summed E-state index contributed by atoms with van der Waals surface area (Å²) in [6.45, 7) is 0.385. The lowest BCUT2D eigenvalue weighted by Gasteiger charge is -2.32. The molecule has 0 bridgehead atoms. The number of amides is 1. The maximum atomic E-state index is 11.4. The van der Waals surface area contributed by atoms with Gasteiger partial charge in [-0.2, -0.15) is 0 Å². The monoisotopic (exact) mass is 302 g/mol. The number of piperazine rings is 1. The molecular weight excluding hydrogens is 291 g/mol. The van der Waals surface area contributed by atoms with Gasteiger partial charge >= 0.3 is 5.97 Å². The molecule has 0 aliphatic carbocycles. The van der Waals surface area contributed by atoms with E-state index in [2.05, 4.69) is 5.32 Å². The zero-order valence-electron chi connectivity index (χ0n) is 9.90. The second-order valence-corrected chi connectivity index (χ2v) is 5.06. The number of hydrogen-bond donors (Lipinski definition) is 2. The van der Waals surface area contributed by atoms with Crippen molar-refractivity contribution in [3.05, 3.63) is 33.8 Å². The average molecular weight is 303 g/mol. The molecule has 1 saturated heterocycles. The number of carbonyl (C=O) groups excluding carboxylic acids is 1. The van der Waals surface area contributed by atoms with Crippen molar-refractivity contribution in [2.24, 2.45) is 0 Å². The lowest BCUT2D eigenvalue weighted by Crippen LogP contribution is -2.56. The van der Waals surface area contributed by atoms with Gasteiger partial charge in [0, 0.05) is 13.1 Å². The van der Waals surface area contributed by atoms with Crippen LogP contribution in [0.25, 0.3) is 0 Å². The molecule has 5 nitrogen and oxygen atoms in total. The fourth-order valence-electron chi connectivity index (χ4n) is 1.99. The maximum Gasteiger partial charge on any atom is 0.322 e. The summed E-state index contributed by atoms with van der Waals surface area (Å²) >= 11 is 12.0. The molecule has 1 heterocycles. The molecule has 7 heteroatoms. The normalized spacial score (nSPS) is 20.1. The van der Waals surface area contributed by atoms with Crippen molar-refractivity contribution >= 4 is 35.1 Å². The zero-order valence-corrected chi connectivity index (χ0v) is 11.4. The van der Waals surface area contributed by atoms with E-state index in [-0.39, 0.29) is 25.5 Å². The Balaban J connectivity index is 2.21.